The van der Waals surface area contributed by atoms with Crippen molar-refractivity contribution >= 4 is 5.84 Å². The third-order valence-corrected chi connectivity index (χ3v) is 3.19. The lowest BCUT2D eigenvalue weighted by molar-refractivity contribution is 0.00498. The van der Waals surface area contributed by atoms with E-state index in [4.69, 9.17) is 20.6 Å². The second-order valence-corrected chi connectivity index (χ2v) is 5.07. The zero-order valence-electron chi connectivity index (χ0n) is 12.2. The Hall–Kier alpha value is -1.69. The summed E-state index contributed by atoms with van der Waals surface area (Å²) in [4.78, 5) is 0. The van der Waals surface area contributed by atoms with Gasteiger partial charge in [-0.2, -0.15) is 5.10 Å². The van der Waals surface area contributed by atoms with Crippen molar-refractivity contribution in [2.75, 3.05) is 13.7 Å². The molecule has 0 aliphatic heterocycles. The molecule has 0 aliphatic rings. The third kappa shape index (κ3) is 3.89. The van der Waals surface area contributed by atoms with E-state index >= 15 is 0 Å². The third-order valence-electron chi connectivity index (χ3n) is 3.19. The van der Waals surface area contributed by atoms with Crippen molar-refractivity contribution in [2.45, 2.75) is 39.7 Å². The zero-order valence-corrected chi connectivity index (χ0v) is 12.2. The van der Waals surface area contributed by atoms with Crippen LogP contribution in [0.15, 0.2) is 0 Å². The Bertz CT molecular complexity index is 472. The molecule has 1 rings (SSSR count). The number of hydrogen-bond donors (Lipinski definition) is 2. The highest BCUT2D eigenvalue weighted by atomic mass is 16.5. The SMILES string of the molecule is COC(C)(C)CCOc1nnc(C)c(C)c1C(=N)N. The fourth-order valence-corrected chi connectivity index (χ4v) is 1.50. The van der Waals surface area contributed by atoms with Gasteiger partial charge in [0.2, 0.25) is 5.88 Å². The Balaban J connectivity index is 2.85. The molecule has 0 unspecified atom stereocenters. The van der Waals surface area contributed by atoms with Crippen molar-refractivity contribution in [3.63, 3.8) is 0 Å². The molecule has 0 bridgehead atoms. The number of methoxy groups -OCH3 is 1. The molecule has 3 N–H and O–H groups in total. The van der Waals surface area contributed by atoms with Crippen LogP contribution in [-0.4, -0.2) is 35.4 Å². The first kappa shape index (κ1) is 15.4. The average molecular weight is 266 g/mol. The van der Waals surface area contributed by atoms with Crippen LogP contribution in [0.25, 0.3) is 0 Å². The Morgan fingerprint density at radius 3 is 2.47 bits per heavy atom. The Kier molecular flexibility index (Phi) is 4.83. The van der Waals surface area contributed by atoms with Crippen LogP contribution >= 0.6 is 0 Å². The summed E-state index contributed by atoms with van der Waals surface area (Å²) in [6.07, 6.45) is 0.704. The number of nitrogens with two attached hydrogens (primary N) is 1. The minimum absolute atomic E-state index is 0.0588. The van der Waals surface area contributed by atoms with Crippen molar-refractivity contribution < 1.29 is 9.47 Å². The van der Waals surface area contributed by atoms with Crippen molar-refractivity contribution in [1.29, 1.82) is 5.41 Å². The second-order valence-electron chi connectivity index (χ2n) is 5.07. The zero-order chi connectivity index (χ0) is 14.6. The number of nitrogen functional groups attached to an aromatic ring is 1. The van der Waals surface area contributed by atoms with Crippen molar-refractivity contribution in [3.8, 4) is 5.88 Å². The van der Waals surface area contributed by atoms with Crippen molar-refractivity contribution in [1.82, 2.24) is 10.2 Å². The normalized spacial score (nSPS) is 11.4. The maximum Gasteiger partial charge on any atom is 0.244 e. The molecule has 0 amide bonds. The van der Waals surface area contributed by atoms with Crippen molar-refractivity contribution in [2.24, 2.45) is 5.73 Å². The van der Waals surface area contributed by atoms with Gasteiger partial charge in [0.25, 0.3) is 0 Å². The summed E-state index contributed by atoms with van der Waals surface area (Å²) < 4.78 is 10.9. The number of aromatic nitrogens is 2. The van der Waals surface area contributed by atoms with Crippen LogP contribution in [0.5, 0.6) is 5.88 Å². The predicted octanol–water partition coefficient (Wildman–Crippen LogP) is 1.57. The first-order valence-electron chi connectivity index (χ1n) is 6.14. The van der Waals surface area contributed by atoms with Gasteiger partial charge in [-0.15, -0.1) is 5.10 Å². The molecular weight excluding hydrogens is 244 g/mol. The minimum Gasteiger partial charge on any atom is -0.476 e. The molecule has 106 valence electrons. The van der Waals surface area contributed by atoms with Gasteiger partial charge in [0.1, 0.15) is 5.84 Å². The number of aryl methyl sites for hydroxylation is 1. The van der Waals surface area contributed by atoms with Gasteiger partial charge in [0.15, 0.2) is 0 Å². The molecule has 19 heavy (non-hydrogen) atoms. The molecular formula is C13H22N4O2. The van der Waals surface area contributed by atoms with E-state index in [9.17, 15) is 0 Å². The molecule has 0 saturated heterocycles. The van der Waals surface area contributed by atoms with E-state index in [2.05, 4.69) is 10.2 Å². The molecule has 0 radical (unpaired) electrons. The van der Waals surface area contributed by atoms with Gasteiger partial charge in [-0.05, 0) is 33.3 Å². The van der Waals surface area contributed by atoms with Gasteiger partial charge >= 0.3 is 0 Å². The summed E-state index contributed by atoms with van der Waals surface area (Å²) in [5, 5.41) is 15.6. The predicted molar refractivity (Wildman–Crippen MR) is 73.7 cm³/mol. The lowest BCUT2D eigenvalue weighted by atomic mass is 10.1. The lowest BCUT2D eigenvalue weighted by Crippen LogP contribution is -2.26. The number of rotatable bonds is 6. The highest BCUT2D eigenvalue weighted by Gasteiger charge is 2.19. The fourth-order valence-electron chi connectivity index (χ4n) is 1.50. The average Bonchev–Trinajstić information content (AvgIpc) is 2.33. The van der Waals surface area contributed by atoms with E-state index in [1.807, 2.05) is 27.7 Å². The summed E-state index contributed by atoms with van der Waals surface area (Å²) in [6, 6.07) is 0. The molecule has 0 aliphatic carbocycles. The molecule has 0 spiro atoms. The van der Waals surface area contributed by atoms with E-state index in [0.29, 0.717) is 24.5 Å². The highest BCUT2D eigenvalue weighted by Crippen LogP contribution is 2.21. The first-order valence-corrected chi connectivity index (χ1v) is 6.14. The summed E-state index contributed by atoms with van der Waals surface area (Å²) in [5.74, 6) is 0.249. The minimum atomic E-state index is -0.260. The maximum atomic E-state index is 7.61. The van der Waals surface area contributed by atoms with Crippen LogP contribution < -0.4 is 10.5 Å². The molecule has 0 fully saturated rings. The molecule has 0 saturated carbocycles. The number of amidine groups is 1. The van der Waals surface area contributed by atoms with Gasteiger partial charge in [-0.3, -0.25) is 5.41 Å². The molecule has 6 heteroatoms. The second kappa shape index (κ2) is 5.97. The fraction of sp³-hybridized carbons (Fsp3) is 0.615. The standard InChI is InChI=1S/C13H22N4O2/c1-8-9(2)16-17-12(10(8)11(14)15)19-7-6-13(3,4)18-5/h6-7H2,1-5H3,(H3,14,15). The smallest absolute Gasteiger partial charge is 0.244 e. The Morgan fingerprint density at radius 1 is 1.32 bits per heavy atom. The lowest BCUT2D eigenvalue weighted by Gasteiger charge is -2.22. The van der Waals surface area contributed by atoms with E-state index in [-0.39, 0.29) is 11.4 Å². The van der Waals surface area contributed by atoms with Gasteiger partial charge in [-0.25, -0.2) is 0 Å². The molecule has 0 aromatic carbocycles. The van der Waals surface area contributed by atoms with E-state index in [0.717, 1.165) is 11.3 Å². The monoisotopic (exact) mass is 266 g/mol. The van der Waals surface area contributed by atoms with Crippen LogP contribution in [0.2, 0.25) is 0 Å². The number of ether oxygens (including phenoxy) is 2. The number of nitrogens with one attached hydrogen (secondary N) is 1. The Labute approximate surface area is 113 Å². The summed E-state index contributed by atoms with van der Waals surface area (Å²) in [6.45, 7) is 8.07. The largest absolute Gasteiger partial charge is 0.476 e. The van der Waals surface area contributed by atoms with Gasteiger partial charge in [0.05, 0.1) is 23.5 Å². The van der Waals surface area contributed by atoms with Crippen LogP contribution in [0.3, 0.4) is 0 Å². The number of nitrogens with zero attached hydrogens (tertiary/aromatic N) is 2. The van der Waals surface area contributed by atoms with Crippen LogP contribution in [0.4, 0.5) is 0 Å². The van der Waals surface area contributed by atoms with Crippen LogP contribution in [0.1, 0.15) is 37.1 Å². The quantitative estimate of drug-likeness (QED) is 0.602. The van der Waals surface area contributed by atoms with E-state index in [1.165, 1.54) is 0 Å². The van der Waals surface area contributed by atoms with Gasteiger partial charge < -0.3 is 15.2 Å². The van der Waals surface area contributed by atoms with Crippen LogP contribution in [-0.2, 0) is 4.74 Å². The van der Waals surface area contributed by atoms with Gasteiger partial charge in [0, 0.05) is 13.5 Å². The van der Waals surface area contributed by atoms with Crippen LogP contribution in [0, 0.1) is 19.3 Å². The topological polar surface area (TPSA) is 94.1 Å². The number of hydrogen-bond acceptors (Lipinski definition) is 5. The van der Waals surface area contributed by atoms with E-state index < -0.39 is 0 Å². The molecule has 6 nitrogen and oxygen atoms in total. The molecule has 1 aromatic heterocycles. The summed E-state index contributed by atoms with van der Waals surface area (Å²) >= 11 is 0. The highest BCUT2D eigenvalue weighted by molar-refractivity contribution is 5.98. The molecule has 1 aromatic rings. The van der Waals surface area contributed by atoms with Gasteiger partial charge in [-0.1, -0.05) is 0 Å². The Morgan fingerprint density at radius 2 is 1.95 bits per heavy atom. The van der Waals surface area contributed by atoms with E-state index in [1.54, 1.807) is 7.11 Å². The first-order chi connectivity index (χ1) is 8.78. The summed E-state index contributed by atoms with van der Waals surface area (Å²) in [7, 11) is 1.66. The molecule has 0 atom stereocenters. The maximum absolute atomic E-state index is 7.61. The summed E-state index contributed by atoms with van der Waals surface area (Å²) in [5.41, 5.74) is 7.40. The van der Waals surface area contributed by atoms with Crippen molar-refractivity contribution in [3.05, 3.63) is 16.8 Å². The molecule has 1 heterocycles.